The summed E-state index contributed by atoms with van der Waals surface area (Å²) in [7, 11) is 7.19. The van der Waals surface area contributed by atoms with E-state index in [2.05, 4.69) is 5.32 Å². The first-order valence-electron chi connectivity index (χ1n) is 8.54. The number of rotatable bonds is 9. The van der Waals surface area contributed by atoms with Crippen LogP contribution in [0, 0.1) is 0 Å². The van der Waals surface area contributed by atoms with Crippen LogP contribution in [-0.4, -0.2) is 48.4 Å². The highest BCUT2D eigenvalue weighted by atomic mass is 33.1. The van der Waals surface area contributed by atoms with E-state index in [-0.39, 0.29) is 18.4 Å². The maximum Gasteiger partial charge on any atom is 0.243 e. The highest BCUT2D eigenvalue weighted by molar-refractivity contribution is 8.77. The van der Waals surface area contributed by atoms with Crippen LogP contribution < -0.4 is 10.1 Å². The first-order chi connectivity index (χ1) is 12.1. The minimum Gasteiger partial charge on any atom is -0.497 e. The summed E-state index contributed by atoms with van der Waals surface area (Å²) in [5.74, 6) is 1.75. The zero-order chi connectivity index (χ0) is 18.1. The Bertz CT molecular complexity index is 577. The maximum atomic E-state index is 12.1. The van der Waals surface area contributed by atoms with Crippen molar-refractivity contribution in [2.45, 2.75) is 37.4 Å². The largest absolute Gasteiger partial charge is 0.497 e. The Morgan fingerprint density at radius 2 is 2.20 bits per heavy atom. The van der Waals surface area contributed by atoms with Crippen molar-refractivity contribution in [3.63, 3.8) is 0 Å². The molecule has 1 fully saturated rings. The number of anilines is 1. The average molecular weight is 383 g/mol. The number of likely N-dealkylation sites (N-methyl/N-ethyl adjacent to an activating group) is 1. The van der Waals surface area contributed by atoms with E-state index in [0.29, 0.717) is 17.9 Å². The van der Waals surface area contributed by atoms with Gasteiger partial charge in [-0.1, -0.05) is 34.1 Å². The molecule has 1 aliphatic rings. The number of benzene rings is 1. The zero-order valence-corrected chi connectivity index (χ0v) is 16.5. The van der Waals surface area contributed by atoms with Crippen molar-refractivity contribution < 1.29 is 14.3 Å². The van der Waals surface area contributed by atoms with Crippen LogP contribution in [0.4, 0.5) is 5.69 Å². The number of carbonyl (C=O) groups is 2. The van der Waals surface area contributed by atoms with E-state index in [1.54, 1.807) is 26.3 Å². The predicted molar refractivity (Wildman–Crippen MR) is 106 cm³/mol. The van der Waals surface area contributed by atoms with Gasteiger partial charge in [0, 0.05) is 36.2 Å². The van der Waals surface area contributed by atoms with Crippen LogP contribution in [0.15, 0.2) is 24.3 Å². The lowest BCUT2D eigenvalue weighted by molar-refractivity contribution is -0.133. The van der Waals surface area contributed by atoms with Gasteiger partial charge in [0.05, 0.1) is 13.7 Å². The molecule has 1 N–H and O–H groups in total. The molecule has 0 radical (unpaired) electrons. The van der Waals surface area contributed by atoms with Crippen molar-refractivity contribution in [2.75, 3.05) is 31.8 Å². The molecular weight excluding hydrogens is 356 g/mol. The van der Waals surface area contributed by atoms with Gasteiger partial charge >= 0.3 is 0 Å². The summed E-state index contributed by atoms with van der Waals surface area (Å²) in [6.07, 6.45) is 4.95. The molecule has 5 nitrogen and oxygen atoms in total. The number of hydrogen-bond donors (Lipinski definition) is 1. The zero-order valence-electron chi connectivity index (χ0n) is 14.8. The molecule has 1 aromatic rings. The van der Waals surface area contributed by atoms with Gasteiger partial charge in [0.1, 0.15) is 5.75 Å². The van der Waals surface area contributed by atoms with Crippen molar-refractivity contribution in [1.82, 2.24) is 4.90 Å². The maximum absolute atomic E-state index is 12.1. The Morgan fingerprint density at radius 3 is 2.92 bits per heavy atom. The van der Waals surface area contributed by atoms with Crippen LogP contribution >= 0.6 is 21.6 Å². The fraction of sp³-hybridized carbons (Fsp3) is 0.556. The molecule has 2 rings (SSSR count). The number of nitrogens with zero attached hydrogens (tertiary/aromatic N) is 1. The molecule has 0 aromatic heterocycles. The SMILES string of the molecule is COc1cccc(NC(=O)CN(C)C(=O)CCCC[C@H]2CCSS2)c1. The van der Waals surface area contributed by atoms with Gasteiger partial charge < -0.3 is 15.0 Å². The third-order valence-corrected chi connectivity index (χ3v) is 7.06. The first-order valence-corrected chi connectivity index (χ1v) is 10.9. The van der Waals surface area contributed by atoms with Crippen molar-refractivity contribution in [3.8, 4) is 5.75 Å². The summed E-state index contributed by atoms with van der Waals surface area (Å²) in [4.78, 5) is 25.7. The van der Waals surface area contributed by atoms with Crippen molar-refractivity contribution >= 4 is 39.1 Å². The minimum absolute atomic E-state index is 0.0224. The van der Waals surface area contributed by atoms with Gasteiger partial charge in [-0.2, -0.15) is 0 Å². The first kappa shape index (κ1) is 20.0. The number of nitrogens with one attached hydrogen (secondary N) is 1. The molecule has 0 saturated carbocycles. The molecule has 0 unspecified atom stereocenters. The Kier molecular flexibility index (Phi) is 8.48. The van der Waals surface area contributed by atoms with E-state index < -0.39 is 0 Å². The molecule has 138 valence electrons. The lowest BCUT2D eigenvalue weighted by Crippen LogP contribution is -2.34. The Balaban J connectivity index is 1.65. The molecule has 2 amide bonds. The summed E-state index contributed by atoms with van der Waals surface area (Å²) in [5, 5.41) is 3.54. The van der Waals surface area contributed by atoms with E-state index in [0.717, 1.165) is 18.1 Å². The lowest BCUT2D eigenvalue weighted by Gasteiger charge is -2.17. The molecular formula is C18H26N2O3S2. The van der Waals surface area contributed by atoms with Crippen LogP contribution in [0.25, 0.3) is 0 Å². The van der Waals surface area contributed by atoms with Crippen LogP contribution in [0.1, 0.15) is 32.1 Å². The molecule has 1 saturated heterocycles. The topological polar surface area (TPSA) is 58.6 Å². The fourth-order valence-electron chi connectivity index (χ4n) is 2.61. The summed E-state index contributed by atoms with van der Waals surface area (Å²) < 4.78 is 5.13. The highest BCUT2D eigenvalue weighted by Crippen LogP contribution is 2.39. The second-order valence-corrected chi connectivity index (χ2v) is 8.89. The Hall–Kier alpha value is -1.34. The third-order valence-electron chi connectivity index (χ3n) is 4.05. The summed E-state index contributed by atoms with van der Waals surface area (Å²) in [6.45, 7) is 0.0607. The van der Waals surface area contributed by atoms with E-state index in [9.17, 15) is 9.59 Å². The monoisotopic (exact) mass is 382 g/mol. The standard InChI is InChI=1S/C18H26N2O3S2/c1-20(18(22)9-4-3-8-16-10-11-24-25-16)13-17(21)19-14-6-5-7-15(12-14)23-2/h5-7,12,16H,3-4,8-11,13H2,1-2H3,(H,19,21)/t16-/m0/s1. The van der Waals surface area contributed by atoms with E-state index in [1.807, 2.05) is 33.7 Å². The summed E-state index contributed by atoms with van der Waals surface area (Å²) >= 11 is 0. The second-order valence-electron chi connectivity index (χ2n) is 6.10. The predicted octanol–water partition coefficient (Wildman–Crippen LogP) is 3.81. The Morgan fingerprint density at radius 1 is 1.36 bits per heavy atom. The molecule has 1 aromatic carbocycles. The number of ether oxygens (including phenoxy) is 1. The molecule has 0 spiro atoms. The molecule has 7 heteroatoms. The Labute approximate surface area is 157 Å². The minimum atomic E-state index is -0.205. The molecule has 0 bridgehead atoms. The number of amides is 2. The number of carbonyl (C=O) groups excluding carboxylic acids is 2. The van der Waals surface area contributed by atoms with Crippen molar-refractivity contribution in [3.05, 3.63) is 24.3 Å². The van der Waals surface area contributed by atoms with Crippen LogP contribution in [-0.2, 0) is 9.59 Å². The van der Waals surface area contributed by atoms with Gasteiger partial charge in [-0.05, 0) is 31.4 Å². The fourth-order valence-corrected chi connectivity index (χ4v) is 5.64. The van der Waals surface area contributed by atoms with Crippen molar-refractivity contribution in [1.29, 1.82) is 0 Å². The van der Waals surface area contributed by atoms with Gasteiger partial charge in [0.15, 0.2) is 0 Å². The summed E-state index contributed by atoms with van der Waals surface area (Å²) in [5.41, 5.74) is 0.664. The molecule has 1 atom stereocenters. The van der Waals surface area contributed by atoms with Gasteiger partial charge in [-0.3, -0.25) is 9.59 Å². The number of methoxy groups -OCH3 is 1. The lowest BCUT2D eigenvalue weighted by atomic mass is 10.1. The average Bonchev–Trinajstić information content (AvgIpc) is 3.12. The molecule has 1 heterocycles. The van der Waals surface area contributed by atoms with Crippen LogP contribution in [0.3, 0.4) is 0 Å². The van der Waals surface area contributed by atoms with Crippen LogP contribution in [0.2, 0.25) is 0 Å². The quantitative estimate of drug-likeness (QED) is 0.520. The van der Waals surface area contributed by atoms with Gasteiger partial charge in [-0.15, -0.1) is 0 Å². The number of unbranched alkanes of at least 4 members (excludes halogenated alkanes) is 1. The van der Waals surface area contributed by atoms with Crippen LogP contribution in [0.5, 0.6) is 5.75 Å². The number of hydrogen-bond acceptors (Lipinski definition) is 5. The van der Waals surface area contributed by atoms with E-state index in [4.69, 9.17) is 4.74 Å². The molecule has 1 aliphatic heterocycles. The normalized spacial score (nSPS) is 16.5. The van der Waals surface area contributed by atoms with Crippen molar-refractivity contribution in [2.24, 2.45) is 0 Å². The summed E-state index contributed by atoms with van der Waals surface area (Å²) in [6, 6.07) is 7.17. The second kappa shape index (κ2) is 10.6. The van der Waals surface area contributed by atoms with Gasteiger partial charge in [-0.25, -0.2) is 0 Å². The highest BCUT2D eigenvalue weighted by Gasteiger charge is 2.17. The van der Waals surface area contributed by atoms with Gasteiger partial charge in [0.2, 0.25) is 11.8 Å². The third kappa shape index (κ3) is 7.20. The van der Waals surface area contributed by atoms with E-state index in [1.165, 1.54) is 23.5 Å². The molecule has 0 aliphatic carbocycles. The van der Waals surface area contributed by atoms with Gasteiger partial charge in [0.25, 0.3) is 0 Å². The molecule has 25 heavy (non-hydrogen) atoms. The smallest absolute Gasteiger partial charge is 0.243 e. The van der Waals surface area contributed by atoms with E-state index >= 15 is 0 Å².